The van der Waals surface area contributed by atoms with E-state index in [2.05, 4.69) is 0 Å². The van der Waals surface area contributed by atoms with E-state index in [0.29, 0.717) is 4.90 Å². The van der Waals surface area contributed by atoms with Crippen LogP contribution in [0.1, 0.15) is 20.3 Å². The zero-order valence-corrected chi connectivity index (χ0v) is 11.1. The summed E-state index contributed by atoms with van der Waals surface area (Å²) in [5, 5.41) is -0.338. The molecular weight excluding hydrogens is 265 g/mol. The van der Waals surface area contributed by atoms with Crippen molar-refractivity contribution in [3.63, 3.8) is 0 Å². The summed E-state index contributed by atoms with van der Waals surface area (Å²) in [5.41, 5.74) is 5.35. The fourth-order valence-electron chi connectivity index (χ4n) is 0.984. The monoisotopic (exact) mass is 277 g/mol. The van der Waals surface area contributed by atoms with Gasteiger partial charge >= 0.3 is 5.30 Å². The van der Waals surface area contributed by atoms with Crippen molar-refractivity contribution in [1.29, 1.82) is 0 Å². The maximum atomic E-state index is 13.0. The molecule has 0 aliphatic heterocycles. The van der Waals surface area contributed by atoms with Crippen molar-refractivity contribution in [2.24, 2.45) is 0 Å². The van der Waals surface area contributed by atoms with Crippen LogP contribution in [0.4, 0.5) is 14.9 Å². The summed E-state index contributed by atoms with van der Waals surface area (Å²) in [6.45, 7) is 3.70. The number of carbonyl (C=O) groups excluding carboxylic acids is 1. The second kappa shape index (κ2) is 6.12. The Kier molecular flexibility index (Phi) is 5.08. The van der Waals surface area contributed by atoms with Crippen molar-refractivity contribution < 1.29 is 13.9 Å². The Morgan fingerprint density at radius 3 is 2.88 bits per heavy atom. The van der Waals surface area contributed by atoms with Crippen molar-refractivity contribution in [2.45, 2.75) is 31.3 Å². The van der Waals surface area contributed by atoms with E-state index >= 15 is 0 Å². The highest BCUT2D eigenvalue weighted by atomic mass is 35.5. The first kappa shape index (κ1) is 14.1. The van der Waals surface area contributed by atoms with Gasteiger partial charge in [0.25, 0.3) is 0 Å². The zero-order chi connectivity index (χ0) is 13.0. The van der Waals surface area contributed by atoms with Crippen LogP contribution in [0.5, 0.6) is 0 Å². The van der Waals surface area contributed by atoms with Gasteiger partial charge in [0.15, 0.2) is 0 Å². The van der Waals surface area contributed by atoms with Gasteiger partial charge in [-0.05, 0) is 37.2 Å². The number of halogens is 2. The summed E-state index contributed by atoms with van der Waals surface area (Å²) in [7, 11) is 0. The van der Waals surface area contributed by atoms with Crippen molar-refractivity contribution in [2.75, 3.05) is 5.73 Å². The minimum absolute atomic E-state index is 0.0479. The lowest BCUT2D eigenvalue weighted by Crippen LogP contribution is -2.09. The topological polar surface area (TPSA) is 52.3 Å². The Labute approximate surface area is 108 Å². The molecule has 0 bridgehead atoms. The minimum Gasteiger partial charge on any atom is -0.454 e. The van der Waals surface area contributed by atoms with E-state index in [1.807, 2.05) is 6.92 Å². The number of nitrogen functional groups attached to an aromatic ring is 1. The number of anilines is 1. The zero-order valence-electron chi connectivity index (χ0n) is 9.50. The average Bonchev–Trinajstić information content (AvgIpc) is 2.25. The molecule has 1 atom stereocenters. The van der Waals surface area contributed by atoms with Gasteiger partial charge in [0, 0.05) is 4.90 Å². The van der Waals surface area contributed by atoms with Gasteiger partial charge in [-0.3, -0.25) is 0 Å². The third kappa shape index (κ3) is 4.09. The molecule has 17 heavy (non-hydrogen) atoms. The molecule has 1 unspecified atom stereocenters. The lowest BCUT2D eigenvalue weighted by Gasteiger charge is -2.11. The lowest BCUT2D eigenvalue weighted by molar-refractivity contribution is 0.131. The fraction of sp³-hybridized carbons (Fsp3) is 0.364. The first-order valence-electron chi connectivity index (χ1n) is 5.07. The minimum atomic E-state index is -0.602. The number of rotatable bonds is 3. The standard InChI is InChI=1S/C11H13ClFNO2S/c1-3-6(2)16-11(15)17-10-5-9(14)8(13)4-7(10)12/h4-6H,3,14H2,1-2H3. The Morgan fingerprint density at radius 2 is 2.29 bits per heavy atom. The first-order chi connectivity index (χ1) is 7.93. The van der Waals surface area contributed by atoms with Gasteiger partial charge in [0.2, 0.25) is 0 Å². The molecule has 3 nitrogen and oxygen atoms in total. The average molecular weight is 278 g/mol. The molecule has 0 saturated heterocycles. The normalized spacial score (nSPS) is 12.2. The summed E-state index contributed by atoms with van der Waals surface area (Å²) in [5.74, 6) is -0.602. The highest BCUT2D eigenvalue weighted by Gasteiger charge is 2.14. The molecule has 0 heterocycles. The van der Waals surface area contributed by atoms with Crippen LogP contribution < -0.4 is 5.73 Å². The van der Waals surface area contributed by atoms with Gasteiger partial charge in [-0.15, -0.1) is 0 Å². The second-order valence-corrected chi connectivity index (χ2v) is 4.88. The number of benzene rings is 1. The van der Waals surface area contributed by atoms with Crippen LogP contribution in [0.25, 0.3) is 0 Å². The maximum Gasteiger partial charge on any atom is 0.372 e. The van der Waals surface area contributed by atoms with E-state index in [-0.39, 0.29) is 16.8 Å². The Hall–Kier alpha value is -0.940. The van der Waals surface area contributed by atoms with Crippen molar-refractivity contribution >= 4 is 34.4 Å². The molecule has 0 amide bonds. The van der Waals surface area contributed by atoms with Crippen LogP contribution in [-0.2, 0) is 4.74 Å². The van der Waals surface area contributed by atoms with Gasteiger partial charge in [-0.2, -0.15) is 0 Å². The van der Waals surface area contributed by atoms with Crippen LogP contribution in [-0.4, -0.2) is 11.4 Å². The Morgan fingerprint density at radius 1 is 1.65 bits per heavy atom. The van der Waals surface area contributed by atoms with Gasteiger partial charge < -0.3 is 10.5 Å². The van der Waals surface area contributed by atoms with E-state index in [9.17, 15) is 9.18 Å². The highest BCUT2D eigenvalue weighted by Crippen LogP contribution is 2.32. The van der Waals surface area contributed by atoms with Crippen LogP contribution in [0, 0.1) is 5.82 Å². The largest absolute Gasteiger partial charge is 0.454 e. The molecule has 94 valence electrons. The second-order valence-electron chi connectivity index (χ2n) is 3.49. The third-order valence-electron chi connectivity index (χ3n) is 2.12. The van der Waals surface area contributed by atoms with E-state index in [4.69, 9.17) is 22.1 Å². The molecule has 0 aliphatic carbocycles. The number of nitrogens with two attached hydrogens (primary N) is 1. The van der Waals surface area contributed by atoms with Crippen molar-refractivity contribution in [1.82, 2.24) is 0 Å². The fourth-order valence-corrected chi connectivity index (χ4v) is 1.98. The predicted molar refractivity (Wildman–Crippen MR) is 67.9 cm³/mol. The van der Waals surface area contributed by atoms with Crippen LogP contribution in [0.3, 0.4) is 0 Å². The summed E-state index contributed by atoms with van der Waals surface area (Å²) < 4.78 is 18.1. The molecule has 0 saturated carbocycles. The SMILES string of the molecule is CCC(C)OC(=O)Sc1cc(N)c(F)cc1Cl. The maximum absolute atomic E-state index is 13.0. The van der Waals surface area contributed by atoms with Crippen LogP contribution in [0.2, 0.25) is 5.02 Å². The van der Waals surface area contributed by atoms with Crippen molar-refractivity contribution in [3.8, 4) is 0 Å². The number of carbonyl (C=O) groups is 1. The quantitative estimate of drug-likeness (QED) is 0.514. The molecule has 0 aliphatic rings. The van der Waals surface area contributed by atoms with Crippen LogP contribution in [0.15, 0.2) is 17.0 Å². The smallest absolute Gasteiger partial charge is 0.372 e. The summed E-state index contributed by atoms with van der Waals surface area (Å²) in [6, 6.07) is 2.40. The molecule has 1 aromatic carbocycles. The van der Waals surface area contributed by atoms with Crippen LogP contribution >= 0.6 is 23.4 Å². The molecule has 0 aromatic heterocycles. The van der Waals surface area contributed by atoms with Gasteiger partial charge in [0.1, 0.15) is 5.82 Å². The molecular formula is C11H13ClFNO2S. The molecule has 0 fully saturated rings. The molecule has 6 heteroatoms. The van der Waals surface area contributed by atoms with E-state index in [0.717, 1.165) is 24.2 Å². The molecule has 1 aromatic rings. The highest BCUT2D eigenvalue weighted by molar-refractivity contribution is 8.13. The van der Waals surface area contributed by atoms with Gasteiger partial charge in [-0.1, -0.05) is 18.5 Å². The Balaban J connectivity index is 2.75. The number of hydrogen-bond donors (Lipinski definition) is 1. The van der Waals surface area contributed by atoms with Gasteiger partial charge in [-0.25, -0.2) is 9.18 Å². The number of ether oxygens (including phenoxy) is 1. The van der Waals surface area contributed by atoms with Gasteiger partial charge in [0.05, 0.1) is 16.8 Å². The van der Waals surface area contributed by atoms with E-state index < -0.39 is 11.1 Å². The van der Waals surface area contributed by atoms with E-state index in [1.165, 1.54) is 6.07 Å². The third-order valence-corrected chi connectivity index (χ3v) is 3.36. The predicted octanol–water partition coefficient (Wildman–Crippen LogP) is 4.09. The van der Waals surface area contributed by atoms with Crippen molar-refractivity contribution in [3.05, 3.63) is 23.0 Å². The number of hydrogen-bond acceptors (Lipinski definition) is 4. The van der Waals surface area contributed by atoms with E-state index in [1.54, 1.807) is 6.92 Å². The summed E-state index contributed by atoms with van der Waals surface area (Å²) >= 11 is 6.59. The summed E-state index contributed by atoms with van der Waals surface area (Å²) in [4.78, 5) is 11.9. The molecule has 2 N–H and O–H groups in total. The Bertz CT molecular complexity index is 428. The molecule has 0 radical (unpaired) electrons. The first-order valence-corrected chi connectivity index (χ1v) is 6.26. The molecule has 1 rings (SSSR count). The number of thioether (sulfide) groups is 1. The molecule has 0 spiro atoms. The lowest BCUT2D eigenvalue weighted by atomic mass is 10.3. The summed E-state index contributed by atoms with van der Waals surface area (Å²) in [6.07, 6.45) is 0.567.